The van der Waals surface area contributed by atoms with Crippen LogP contribution in [0.3, 0.4) is 0 Å². The van der Waals surface area contributed by atoms with Gasteiger partial charge in [-0.15, -0.1) is 0 Å². The standard InChI is InChI=1S/C28H28F12N2O3/c29-25(30,31)19-5-1-17(2-6-19)21-13-41(9-11-43-21)15-23(27(35,36)37)45-24(28(38,39)40)16-42-10-12-44-22(14-42)18-3-7-20(8-4-18)26(32,33)34/h1-8,21-24H,9-16H2/t21-,22-,23+,24+/m1/s1. The van der Waals surface area contributed by atoms with Gasteiger partial charge in [-0.2, -0.15) is 52.7 Å². The Hall–Kier alpha value is -2.60. The molecule has 0 aliphatic carbocycles. The highest BCUT2D eigenvalue weighted by atomic mass is 19.4. The van der Waals surface area contributed by atoms with E-state index in [1.54, 1.807) is 0 Å². The second kappa shape index (κ2) is 13.6. The maximum absolute atomic E-state index is 14.0. The molecule has 0 spiro atoms. The summed E-state index contributed by atoms with van der Waals surface area (Å²) >= 11 is 0. The van der Waals surface area contributed by atoms with Crippen LogP contribution in [-0.2, 0) is 26.6 Å². The highest BCUT2D eigenvalue weighted by Gasteiger charge is 2.50. The van der Waals surface area contributed by atoms with Gasteiger partial charge in [0.05, 0.1) is 36.5 Å². The molecule has 0 bridgehead atoms. The van der Waals surface area contributed by atoms with E-state index in [4.69, 9.17) is 14.2 Å². The van der Waals surface area contributed by atoms with Crippen LogP contribution in [0.15, 0.2) is 48.5 Å². The van der Waals surface area contributed by atoms with E-state index in [0.29, 0.717) is 0 Å². The van der Waals surface area contributed by atoms with E-state index in [1.165, 1.54) is 9.80 Å². The fourth-order valence-electron chi connectivity index (χ4n) is 5.03. The molecule has 2 aromatic carbocycles. The number of hydrogen-bond acceptors (Lipinski definition) is 5. The first-order chi connectivity index (χ1) is 20.8. The highest BCUT2D eigenvalue weighted by Crippen LogP contribution is 2.35. The van der Waals surface area contributed by atoms with Crippen molar-refractivity contribution in [1.82, 2.24) is 9.80 Å². The monoisotopic (exact) mass is 668 g/mol. The summed E-state index contributed by atoms with van der Waals surface area (Å²) in [5.41, 5.74) is -1.37. The number of rotatable bonds is 8. The summed E-state index contributed by atoms with van der Waals surface area (Å²) in [6.07, 6.45) is -27.2. The zero-order chi connectivity index (χ0) is 33.2. The summed E-state index contributed by atoms with van der Waals surface area (Å²) < 4.78 is 177. The van der Waals surface area contributed by atoms with Gasteiger partial charge in [-0.05, 0) is 35.4 Å². The lowest BCUT2D eigenvalue weighted by molar-refractivity contribution is -0.292. The van der Waals surface area contributed by atoms with Gasteiger partial charge in [0, 0.05) is 39.3 Å². The van der Waals surface area contributed by atoms with Crippen LogP contribution in [0.5, 0.6) is 0 Å². The fraction of sp³-hybridized carbons (Fsp3) is 0.571. The Morgan fingerprint density at radius 2 is 0.911 bits per heavy atom. The quantitative estimate of drug-likeness (QED) is 0.282. The predicted octanol–water partition coefficient (Wildman–Crippen LogP) is 7.05. The SMILES string of the molecule is FC(F)(F)c1ccc([C@H]2CN(C[C@H](O[C@@H](CN3CCO[C@@H](c4ccc(C(F)(F)F)cc4)C3)C(F)(F)F)C(F)(F)F)CCO2)cc1. The lowest BCUT2D eigenvalue weighted by atomic mass is 10.0. The average molecular weight is 669 g/mol. The Morgan fingerprint density at radius 1 is 0.578 bits per heavy atom. The third-order valence-electron chi connectivity index (χ3n) is 7.43. The lowest BCUT2D eigenvalue weighted by Crippen LogP contribution is -2.53. The fourth-order valence-corrected chi connectivity index (χ4v) is 5.03. The first-order valence-corrected chi connectivity index (χ1v) is 13.6. The van der Waals surface area contributed by atoms with Gasteiger partial charge in [0.2, 0.25) is 0 Å². The molecular formula is C28H28F12N2O3. The average Bonchev–Trinajstić information content (AvgIpc) is 2.95. The van der Waals surface area contributed by atoms with Gasteiger partial charge in [-0.25, -0.2) is 0 Å². The van der Waals surface area contributed by atoms with Crippen molar-refractivity contribution in [3.63, 3.8) is 0 Å². The predicted molar refractivity (Wildman–Crippen MR) is 134 cm³/mol. The number of benzene rings is 2. The van der Waals surface area contributed by atoms with Gasteiger partial charge in [0.1, 0.15) is 0 Å². The van der Waals surface area contributed by atoms with Gasteiger partial charge in [-0.1, -0.05) is 24.3 Å². The van der Waals surface area contributed by atoms with Crippen molar-refractivity contribution in [3.05, 3.63) is 70.8 Å². The van der Waals surface area contributed by atoms with Crippen LogP contribution in [0, 0.1) is 0 Å². The van der Waals surface area contributed by atoms with Crippen molar-refractivity contribution in [2.24, 2.45) is 0 Å². The van der Waals surface area contributed by atoms with Crippen LogP contribution >= 0.6 is 0 Å². The number of halogens is 12. The Morgan fingerprint density at radius 3 is 1.20 bits per heavy atom. The first-order valence-electron chi connectivity index (χ1n) is 13.6. The maximum atomic E-state index is 14.0. The molecule has 4 rings (SSSR count). The van der Waals surface area contributed by atoms with Crippen LogP contribution < -0.4 is 0 Å². The third kappa shape index (κ3) is 9.70. The van der Waals surface area contributed by atoms with E-state index in [1.807, 2.05) is 0 Å². The molecule has 0 N–H and O–H groups in total. The molecule has 2 aromatic rings. The van der Waals surface area contributed by atoms with Gasteiger partial charge in [-0.3, -0.25) is 9.80 Å². The van der Waals surface area contributed by atoms with Crippen molar-refractivity contribution >= 4 is 0 Å². The molecule has 4 atom stereocenters. The van der Waals surface area contributed by atoms with Crippen molar-refractivity contribution in [3.8, 4) is 0 Å². The second-order valence-electron chi connectivity index (χ2n) is 10.7. The molecule has 252 valence electrons. The number of ether oxygens (including phenoxy) is 3. The van der Waals surface area contributed by atoms with E-state index in [-0.39, 0.29) is 50.5 Å². The zero-order valence-corrected chi connectivity index (χ0v) is 23.2. The molecule has 45 heavy (non-hydrogen) atoms. The summed E-state index contributed by atoms with van der Waals surface area (Å²) in [4.78, 5) is 2.35. The zero-order valence-electron chi connectivity index (χ0n) is 23.2. The Bertz CT molecular complexity index is 1130. The van der Waals surface area contributed by atoms with E-state index < -0.39 is 73.3 Å². The summed E-state index contributed by atoms with van der Waals surface area (Å²) in [6.45, 7) is -2.91. The van der Waals surface area contributed by atoms with Crippen LogP contribution in [0.1, 0.15) is 34.5 Å². The van der Waals surface area contributed by atoms with Crippen LogP contribution in [0.2, 0.25) is 0 Å². The molecule has 2 aliphatic rings. The van der Waals surface area contributed by atoms with Crippen LogP contribution in [0.4, 0.5) is 52.7 Å². The summed E-state index contributed by atoms with van der Waals surface area (Å²) in [5, 5.41) is 0. The Labute approximate surface area is 249 Å². The topological polar surface area (TPSA) is 34.2 Å². The molecule has 2 heterocycles. The Kier molecular flexibility index (Phi) is 10.7. The molecule has 2 fully saturated rings. The van der Waals surface area contributed by atoms with Crippen LogP contribution in [-0.4, -0.2) is 86.8 Å². The minimum atomic E-state index is -5.21. The van der Waals surface area contributed by atoms with E-state index in [2.05, 4.69) is 0 Å². The molecule has 0 amide bonds. The van der Waals surface area contributed by atoms with Gasteiger partial charge < -0.3 is 14.2 Å². The van der Waals surface area contributed by atoms with E-state index >= 15 is 0 Å². The normalized spacial score (nSPS) is 22.8. The summed E-state index contributed by atoms with van der Waals surface area (Å²) in [6, 6.07) is 7.65. The summed E-state index contributed by atoms with van der Waals surface area (Å²) in [7, 11) is 0. The smallest absolute Gasteiger partial charge is 0.371 e. The van der Waals surface area contributed by atoms with Crippen molar-refractivity contribution in [1.29, 1.82) is 0 Å². The minimum absolute atomic E-state index is 0.0952. The molecule has 5 nitrogen and oxygen atoms in total. The largest absolute Gasteiger partial charge is 0.416 e. The van der Waals surface area contributed by atoms with Crippen molar-refractivity contribution < 1.29 is 66.9 Å². The van der Waals surface area contributed by atoms with Gasteiger partial charge in [0.15, 0.2) is 12.2 Å². The molecule has 0 unspecified atom stereocenters. The lowest BCUT2D eigenvalue weighted by Gasteiger charge is -2.39. The summed E-state index contributed by atoms with van der Waals surface area (Å²) in [5.74, 6) is 0. The third-order valence-corrected chi connectivity index (χ3v) is 7.43. The van der Waals surface area contributed by atoms with Crippen molar-refractivity contribution in [2.75, 3.05) is 52.5 Å². The number of morpholine rings is 2. The number of nitrogens with zero attached hydrogens (tertiary/aromatic N) is 2. The molecule has 0 saturated carbocycles. The molecule has 0 radical (unpaired) electrons. The molecule has 0 aromatic heterocycles. The Balaban J connectivity index is 1.42. The molecule has 2 saturated heterocycles. The van der Waals surface area contributed by atoms with Gasteiger partial charge in [0.25, 0.3) is 0 Å². The van der Waals surface area contributed by atoms with Gasteiger partial charge >= 0.3 is 24.7 Å². The van der Waals surface area contributed by atoms with E-state index in [0.717, 1.165) is 48.5 Å². The van der Waals surface area contributed by atoms with Crippen molar-refractivity contribution in [2.45, 2.75) is 49.1 Å². The molecule has 2 aliphatic heterocycles. The number of alkyl halides is 12. The van der Waals surface area contributed by atoms with Crippen LogP contribution in [0.25, 0.3) is 0 Å². The molecular weight excluding hydrogens is 640 g/mol. The molecule has 17 heteroatoms. The maximum Gasteiger partial charge on any atom is 0.416 e. The highest BCUT2D eigenvalue weighted by molar-refractivity contribution is 5.27. The first kappa shape index (κ1) is 35.3. The second-order valence-corrected chi connectivity index (χ2v) is 10.7. The van der Waals surface area contributed by atoms with E-state index in [9.17, 15) is 52.7 Å². The minimum Gasteiger partial charge on any atom is -0.371 e. The number of hydrogen-bond donors (Lipinski definition) is 0.